The maximum atomic E-state index is 11.0. The van der Waals surface area contributed by atoms with Crippen LogP contribution < -0.4 is 10.4 Å². The van der Waals surface area contributed by atoms with Crippen LogP contribution in [-0.2, 0) is 20.3 Å². The van der Waals surface area contributed by atoms with Gasteiger partial charge in [-0.1, -0.05) is 0 Å². The van der Waals surface area contributed by atoms with Crippen LogP contribution in [-0.4, -0.2) is 17.0 Å². The van der Waals surface area contributed by atoms with Gasteiger partial charge >= 0.3 is 86.7 Å². The van der Waals surface area contributed by atoms with Crippen molar-refractivity contribution >= 4 is 16.5 Å². The topological polar surface area (TPSA) is 89.6 Å². The molecular weight excluding hydrogens is 233 g/mol. The molecule has 1 rings (SSSR count). The zero-order chi connectivity index (χ0) is 10.7. The number of carbonyl (C=O) groups is 2. The first-order chi connectivity index (χ1) is 6.54. The van der Waals surface area contributed by atoms with E-state index in [1.165, 1.54) is 12.1 Å². The van der Waals surface area contributed by atoms with Crippen LogP contribution >= 0.6 is 0 Å². The molecule has 0 spiro atoms. The van der Waals surface area contributed by atoms with Gasteiger partial charge in [-0.3, -0.25) is 0 Å². The molecule has 0 radical (unpaired) electrons. The van der Waals surface area contributed by atoms with E-state index in [4.69, 9.17) is 5.11 Å². The van der Waals surface area contributed by atoms with Crippen LogP contribution in [0.5, 0.6) is 0 Å². The first kappa shape index (κ1) is 10.7. The molecule has 0 unspecified atom stereocenters. The number of benzene rings is 1. The fourth-order valence-electron chi connectivity index (χ4n) is 0.880. The van der Waals surface area contributed by atoms with E-state index in [1.54, 1.807) is 0 Å². The number of hydrogen-bond donors (Lipinski definition) is 2. The Kier molecular flexibility index (Phi) is 3.22. The molecule has 0 atom stereocenters. The van der Waals surface area contributed by atoms with E-state index >= 15 is 0 Å². The number of rotatable bonds is 2. The second-order valence-corrected chi connectivity index (χ2v) is 2.97. The van der Waals surface area contributed by atoms with Crippen LogP contribution in [0.4, 0.5) is 0 Å². The van der Waals surface area contributed by atoms with Gasteiger partial charge in [-0.2, -0.15) is 0 Å². The van der Waals surface area contributed by atoms with E-state index in [2.05, 4.69) is 26.2 Å². The monoisotopic (exact) mass is 238 g/mol. The summed E-state index contributed by atoms with van der Waals surface area (Å²) >= 11 is 4.45. The summed E-state index contributed by atoms with van der Waals surface area (Å²) in [5, 5.41) is 8.66. The van der Waals surface area contributed by atoms with E-state index in [9.17, 15) is 9.59 Å². The molecular formula is C8H6NNiO4. The summed E-state index contributed by atoms with van der Waals surface area (Å²) in [6, 6.07) is 3.78. The number of hydrogen-bond acceptors (Lipinski definition) is 4. The van der Waals surface area contributed by atoms with Crippen molar-refractivity contribution in [3.05, 3.63) is 29.3 Å². The van der Waals surface area contributed by atoms with Crippen LogP contribution in [0.3, 0.4) is 0 Å². The summed E-state index contributed by atoms with van der Waals surface area (Å²) in [7, 11) is 0. The van der Waals surface area contributed by atoms with Crippen LogP contribution in [0.25, 0.3) is 0 Å². The van der Waals surface area contributed by atoms with Crippen molar-refractivity contribution in [2.45, 2.75) is 0 Å². The Morgan fingerprint density at radius 1 is 1.29 bits per heavy atom. The zero-order valence-electron chi connectivity index (χ0n) is 6.80. The average Bonchev–Trinajstić information content (AvgIpc) is 2.15. The Labute approximate surface area is 87.2 Å². The fourth-order valence-corrected chi connectivity index (χ4v) is 1.19. The molecule has 6 heteroatoms. The van der Waals surface area contributed by atoms with Crippen molar-refractivity contribution in [3.8, 4) is 0 Å². The summed E-state index contributed by atoms with van der Waals surface area (Å²) in [5.41, 5.74) is -0.0252. The average molecular weight is 239 g/mol. The summed E-state index contributed by atoms with van der Waals surface area (Å²) in [5.74, 6) is 2.68. The second-order valence-electron chi connectivity index (χ2n) is 2.40. The molecule has 0 aliphatic rings. The standard InChI is InChI=1S/C8H6NO4.Ni/c9-13-8(12)6-3-1-2-5(4-6)7(10)11;/h2-4H,9H2,(H,10,11);. The van der Waals surface area contributed by atoms with Gasteiger partial charge in [0.2, 0.25) is 0 Å². The van der Waals surface area contributed by atoms with Crippen molar-refractivity contribution < 1.29 is 35.0 Å². The van der Waals surface area contributed by atoms with Gasteiger partial charge in [-0.15, -0.1) is 0 Å². The van der Waals surface area contributed by atoms with Crippen LogP contribution in [0.15, 0.2) is 18.2 Å². The summed E-state index contributed by atoms with van der Waals surface area (Å²) in [6.45, 7) is 0. The van der Waals surface area contributed by atoms with Crippen LogP contribution in [0.2, 0.25) is 0 Å². The number of carboxylic acid groups (broad SMARTS) is 1. The van der Waals surface area contributed by atoms with Gasteiger partial charge in [0.15, 0.2) is 0 Å². The van der Waals surface area contributed by atoms with Gasteiger partial charge in [0, 0.05) is 0 Å². The molecule has 14 heavy (non-hydrogen) atoms. The Hall–Kier alpha value is -1.39. The second kappa shape index (κ2) is 4.22. The van der Waals surface area contributed by atoms with Crippen molar-refractivity contribution in [1.82, 2.24) is 0 Å². The molecule has 0 aliphatic carbocycles. The third-order valence-electron chi connectivity index (χ3n) is 1.47. The van der Waals surface area contributed by atoms with Crippen molar-refractivity contribution in [1.29, 1.82) is 0 Å². The number of aromatic carboxylic acids is 1. The van der Waals surface area contributed by atoms with Crippen molar-refractivity contribution in [3.63, 3.8) is 0 Å². The number of nitrogens with two attached hydrogens (primary N) is 1. The minimum absolute atomic E-state index is 0.0358. The Bertz CT molecular complexity index is 391. The Morgan fingerprint density at radius 2 is 1.86 bits per heavy atom. The summed E-state index contributed by atoms with van der Waals surface area (Å²) in [6.07, 6.45) is 0. The van der Waals surface area contributed by atoms with Gasteiger partial charge in [0.05, 0.1) is 0 Å². The summed E-state index contributed by atoms with van der Waals surface area (Å²) in [4.78, 5) is 25.5. The van der Waals surface area contributed by atoms with E-state index in [-0.39, 0.29) is 15.7 Å². The molecule has 0 saturated carbocycles. The molecule has 0 saturated heterocycles. The predicted octanol–water partition coefficient (Wildman–Crippen LogP) is -0.413. The molecule has 5 nitrogen and oxygen atoms in total. The van der Waals surface area contributed by atoms with E-state index in [0.29, 0.717) is 0 Å². The number of carbonyl (C=O) groups excluding carboxylic acids is 1. The van der Waals surface area contributed by atoms with Crippen molar-refractivity contribution in [2.75, 3.05) is 0 Å². The molecule has 0 heterocycles. The normalized spacial score (nSPS) is 9.64. The quantitative estimate of drug-likeness (QED) is 0.540. The van der Waals surface area contributed by atoms with Gasteiger partial charge in [0.1, 0.15) is 0 Å². The SMILES string of the molecule is NOC(=O)c1c[c]([Ni])cc(C(=O)O)c1. The molecule has 0 aromatic heterocycles. The third kappa shape index (κ3) is 2.31. The van der Waals surface area contributed by atoms with E-state index < -0.39 is 11.9 Å². The Balaban J connectivity index is 3.20. The summed E-state index contributed by atoms with van der Waals surface area (Å²) < 4.78 is 0.283. The first-order valence-electron chi connectivity index (χ1n) is 3.46. The van der Waals surface area contributed by atoms with Crippen molar-refractivity contribution in [2.24, 2.45) is 5.90 Å². The maximum absolute atomic E-state index is 11.0. The molecule has 0 aliphatic heterocycles. The van der Waals surface area contributed by atoms with Gasteiger partial charge in [0.25, 0.3) is 0 Å². The first-order valence-corrected chi connectivity index (χ1v) is 3.96. The van der Waals surface area contributed by atoms with Gasteiger partial charge in [-0.05, 0) is 0 Å². The molecule has 1 aromatic rings. The molecule has 3 N–H and O–H groups in total. The molecule has 77 valence electrons. The van der Waals surface area contributed by atoms with E-state index in [0.717, 1.165) is 6.07 Å². The molecule has 0 fully saturated rings. The molecule has 0 amide bonds. The van der Waals surface area contributed by atoms with Gasteiger partial charge in [-0.25, -0.2) is 0 Å². The van der Waals surface area contributed by atoms with Crippen LogP contribution in [0, 0.1) is 0 Å². The third-order valence-corrected chi connectivity index (χ3v) is 1.75. The zero-order valence-corrected chi connectivity index (χ0v) is 7.79. The molecule has 0 bridgehead atoms. The molecule has 1 aromatic carbocycles. The minimum atomic E-state index is -1.16. The number of carboxylic acids is 1. The predicted molar refractivity (Wildman–Crippen MR) is 42.6 cm³/mol. The fraction of sp³-hybridized carbons (Fsp3) is 0. The van der Waals surface area contributed by atoms with Crippen LogP contribution in [0.1, 0.15) is 20.7 Å². The van der Waals surface area contributed by atoms with Gasteiger partial charge < -0.3 is 0 Å². The van der Waals surface area contributed by atoms with E-state index in [1.807, 2.05) is 0 Å². The Morgan fingerprint density at radius 3 is 2.36 bits per heavy atom.